The van der Waals surface area contributed by atoms with Crippen molar-refractivity contribution in [2.75, 3.05) is 24.9 Å². The Morgan fingerprint density at radius 2 is 1.69 bits per heavy atom. The Balaban J connectivity index is 1.39. The lowest BCUT2D eigenvalue weighted by Crippen LogP contribution is -2.41. The number of hydrogen-bond donors (Lipinski definition) is 1. The summed E-state index contributed by atoms with van der Waals surface area (Å²) in [6, 6.07) is 19.5. The third-order valence-electron chi connectivity index (χ3n) is 4.90. The number of fused-ring (bicyclic) bond motifs is 1. The maximum atomic E-state index is 12.8. The Bertz CT molecular complexity index is 1210. The lowest BCUT2D eigenvalue weighted by atomic mass is 10.2. The van der Waals surface area contributed by atoms with Gasteiger partial charge in [-0.1, -0.05) is 23.7 Å². The molecule has 4 rings (SSSR count). The number of anilines is 1. The number of benzene rings is 3. The highest BCUT2D eigenvalue weighted by Gasteiger charge is 2.24. The molecule has 1 heterocycles. The molecule has 3 aromatic carbocycles. The van der Waals surface area contributed by atoms with E-state index in [-0.39, 0.29) is 16.9 Å². The molecule has 1 N–H and O–H groups in total. The molecule has 1 unspecified atom stereocenters. The molecule has 9 heteroatoms. The second-order valence-electron chi connectivity index (χ2n) is 7.32. The normalized spacial score (nSPS) is 15.1. The Kier molecular flexibility index (Phi) is 6.25. The second kappa shape index (κ2) is 9.10. The van der Waals surface area contributed by atoms with Crippen LogP contribution in [0.2, 0.25) is 5.02 Å². The first-order valence-corrected chi connectivity index (χ1v) is 11.7. The molecule has 0 saturated heterocycles. The third kappa shape index (κ3) is 4.98. The third-order valence-corrected chi connectivity index (χ3v) is 6.55. The molecular weight excluding hydrogens is 452 g/mol. The van der Waals surface area contributed by atoms with Gasteiger partial charge in [-0.2, -0.15) is 0 Å². The minimum Gasteiger partial charge on any atom is -0.486 e. The lowest BCUT2D eigenvalue weighted by Gasteiger charge is -2.29. The molecular formula is C23H21ClN2O5S. The summed E-state index contributed by atoms with van der Waals surface area (Å²) in [4.78, 5) is 14.4. The second-order valence-corrected chi connectivity index (χ2v) is 9.44. The Labute approximate surface area is 191 Å². The van der Waals surface area contributed by atoms with Gasteiger partial charge in [0.15, 0.2) is 17.6 Å². The van der Waals surface area contributed by atoms with E-state index in [4.69, 9.17) is 21.1 Å². The van der Waals surface area contributed by atoms with Crippen LogP contribution in [0.3, 0.4) is 0 Å². The highest BCUT2D eigenvalue weighted by atomic mass is 35.5. The number of nitrogens with zero attached hydrogens (tertiary/aromatic N) is 1. The van der Waals surface area contributed by atoms with Gasteiger partial charge in [-0.25, -0.2) is 8.42 Å². The van der Waals surface area contributed by atoms with Gasteiger partial charge in [0, 0.05) is 23.3 Å². The summed E-state index contributed by atoms with van der Waals surface area (Å²) in [6.45, 7) is 0.660. The first kappa shape index (κ1) is 22.0. The van der Waals surface area contributed by atoms with Gasteiger partial charge < -0.3 is 14.4 Å². The van der Waals surface area contributed by atoms with Crippen LogP contribution in [0.5, 0.6) is 11.5 Å². The Morgan fingerprint density at radius 1 is 1.03 bits per heavy atom. The predicted octanol–water partition coefficient (Wildman–Crippen LogP) is 4.05. The Hall–Kier alpha value is -3.23. The number of rotatable bonds is 6. The maximum absolute atomic E-state index is 12.8. The zero-order valence-electron chi connectivity index (χ0n) is 17.2. The summed E-state index contributed by atoms with van der Waals surface area (Å²) in [7, 11) is -2.13. The van der Waals surface area contributed by atoms with Crippen LogP contribution in [0.15, 0.2) is 77.7 Å². The van der Waals surface area contributed by atoms with E-state index in [0.29, 0.717) is 40.9 Å². The van der Waals surface area contributed by atoms with E-state index in [9.17, 15) is 13.2 Å². The molecule has 0 radical (unpaired) electrons. The minimum absolute atomic E-state index is 0.0484. The molecule has 0 fully saturated rings. The molecule has 3 aromatic rings. The summed E-state index contributed by atoms with van der Waals surface area (Å²) >= 11 is 5.83. The van der Waals surface area contributed by atoms with Crippen LogP contribution in [0.25, 0.3) is 0 Å². The average Bonchev–Trinajstić information content (AvgIpc) is 2.80. The molecule has 0 spiro atoms. The van der Waals surface area contributed by atoms with Crippen LogP contribution < -0.4 is 14.2 Å². The molecule has 32 heavy (non-hydrogen) atoms. The fourth-order valence-corrected chi connectivity index (χ4v) is 4.46. The number of ether oxygens (including phenoxy) is 2. The van der Waals surface area contributed by atoms with E-state index < -0.39 is 10.0 Å². The Morgan fingerprint density at radius 3 is 2.38 bits per heavy atom. The van der Waals surface area contributed by atoms with E-state index in [0.717, 1.165) is 0 Å². The summed E-state index contributed by atoms with van der Waals surface area (Å²) in [5.74, 6) is 1.08. The number of carbonyl (C=O) groups is 1. The topological polar surface area (TPSA) is 84.9 Å². The standard InChI is InChI=1S/C23H21ClN2O5S/c1-26(14-19-15-30-21-4-2-3-5-22(21)31-19)23(27)16-6-12-20(13-7-16)32(28,29)25-18-10-8-17(24)9-11-18/h2-13,19,25H,14-15H2,1H3. The molecule has 1 aliphatic rings. The van der Waals surface area contributed by atoms with Crippen molar-refractivity contribution in [3.05, 3.63) is 83.4 Å². The number of para-hydroxylation sites is 2. The molecule has 1 amide bonds. The highest BCUT2D eigenvalue weighted by molar-refractivity contribution is 7.92. The van der Waals surface area contributed by atoms with Gasteiger partial charge in [-0.15, -0.1) is 0 Å². The first-order valence-electron chi connectivity index (χ1n) is 9.84. The van der Waals surface area contributed by atoms with Crippen LogP contribution in [-0.4, -0.2) is 45.5 Å². The number of likely N-dealkylation sites (N-methyl/N-ethyl adjacent to an activating group) is 1. The number of nitrogens with one attached hydrogen (secondary N) is 1. The molecule has 0 saturated carbocycles. The molecule has 1 aliphatic heterocycles. The fraction of sp³-hybridized carbons (Fsp3) is 0.174. The summed E-state index contributed by atoms with van der Waals surface area (Å²) in [6.07, 6.45) is -0.304. The maximum Gasteiger partial charge on any atom is 0.261 e. The minimum atomic E-state index is -3.79. The highest BCUT2D eigenvalue weighted by Crippen LogP contribution is 2.31. The van der Waals surface area contributed by atoms with Crippen molar-refractivity contribution < 1.29 is 22.7 Å². The summed E-state index contributed by atoms with van der Waals surface area (Å²) in [5.41, 5.74) is 0.764. The van der Waals surface area contributed by atoms with Gasteiger partial charge in [0.1, 0.15) is 6.61 Å². The van der Waals surface area contributed by atoms with Crippen molar-refractivity contribution in [1.29, 1.82) is 0 Å². The lowest BCUT2D eigenvalue weighted by molar-refractivity contribution is 0.0521. The largest absolute Gasteiger partial charge is 0.486 e. The zero-order valence-corrected chi connectivity index (χ0v) is 18.8. The van der Waals surface area contributed by atoms with Crippen LogP contribution in [0.1, 0.15) is 10.4 Å². The number of sulfonamides is 1. The first-order chi connectivity index (χ1) is 15.3. The summed E-state index contributed by atoms with van der Waals surface area (Å²) in [5, 5.41) is 0.509. The number of carbonyl (C=O) groups excluding carboxylic acids is 1. The number of hydrogen-bond acceptors (Lipinski definition) is 5. The van der Waals surface area contributed by atoms with Crippen molar-refractivity contribution in [2.45, 2.75) is 11.0 Å². The van der Waals surface area contributed by atoms with E-state index >= 15 is 0 Å². The number of amides is 1. The van der Waals surface area contributed by atoms with Gasteiger partial charge >= 0.3 is 0 Å². The van der Waals surface area contributed by atoms with E-state index in [2.05, 4.69) is 4.72 Å². The van der Waals surface area contributed by atoms with E-state index in [1.807, 2.05) is 24.3 Å². The smallest absolute Gasteiger partial charge is 0.261 e. The van der Waals surface area contributed by atoms with Gasteiger partial charge in [0.2, 0.25) is 0 Å². The average molecular weight is 473 g/mol. The van der Waals surface area contributed by atoms with Crippen LogP contribution in [-0.2, 0) is 10.0 Å². The van der Waals surface area contributed by atoms with Crippen molar-refractivity contribution >= 4 is 33.2 Å². The predicted molar refractivity (Wildman–Crippen MR) is 122 cm³/mol. The zero-order chi connectivity index (χ0) is 22.7. The fourth-order valence-electron chi connectivity index (χ4n) is 3.27. The van der Waals surface area contributed by atoms with Gasteiger partial charge in [0.05, 0.1) is 11.4 Å². The van der Waals surface area contributed by atoms with Gasteiger partial charge in [0.25, 0.3) is 15.9 Å². The summed E-state index contributed by atoms with van der Waals surface area (Å²) < 4.78 is 39.3. The van der Waals surface area contributed by atoms with Crippen LogP contribution >= 0.6 is 11.6 Å². The van der Waals surface area contributed by atoms with Gasteiger partial charge in [-0.05, 0) is 60.7 Å². The van der Waals surface area contributed by atoms with E-state index in [1.165, 1.54) is 29.2 Å². The van der Waals surface area contributed by atoms with Crippen molar-refractivity contribution in [3.8, 4) is 11.5 Å². The SMILES string of the molecule is CN(CC1COc2ccccc2O1)C(=O)c1ccc(S(=O)(=O)Nc2ccc(Cl)cc2)cc1. The quantitative estimate of drug-likeness (QED) is 0.585. The van der Waals surface area contributed by atoms with Crippen molar-refractivity contribution in [1.82, 2.24) is 4.90 Å². The van der Waals surface area contributed by atoms with Crippen molar-refractivity contribution in [2.24, 2.45) is 0 Å². The molecule has 7 nitrogen and oxygen atoms in total. The molecule has 0 aliphatic carbocycles. The van der Waals surface area contributed by atoms with Crippen LogP contribution in [0, 0.1) is 0 Å². The van der Waals surface area contributed by atoms with Crippen molar-refractivity contribution in [3.63, 3.8) is 0 Å². The molecule has 0 aromatic heterocycles. The molecule has 166 valence electrons. The monoisotopic (exact) mass is 472 g/mol. The van der Waals surface area contributed by atoms with Gasteiger partial charge in [-0.3, -0.25) is 9.52 Å². The molecule has 1 atom stereocenters. The number of halogens is 1. The van der Waals surface area contributed by atoms with Crippen LogP contribution in [0.4, 0.5) is 5.69 Å². The van der Waals surface area contributed by atoms with E-state index in [1.54, 1.807) is 31.3 Å². The molecule has 0 bridgehead atoms.